The molecule has 2 atom stereocenters. The Morgan fingerprint density at radius 1 is 0.833 bits per heavy atom. The largest absolute Gasteiger partial charge is 0.497 e. The SMILES string of the molecule is COc1ccc([C@@H]2CC(=O)C3=C(C2)NC(C)=C(C(=O)OCc2ccccc2)[C@@H]3c2cc(OC)c(OC)c(OC)c2)cc1. The van der Waals surface area contributed by atoms with Gasteiger partial charge >= 0.3 is 5.97 Å². The zero-order valence-electron chi connectivity index (χ0n) is 24.5. The van der Waals surface area contributed by atoms with E-state index in [-0.39, 0.29) is 18.3 Å². The zero-order chi connectivity index (χ0) is 29.8. The zero-order valence-corrected chi connectivity index (χ0v) is 24.5. The van der Waals surface area contributed by atoms with Gasteiger partial charge in [0.05, 0.1) is 34.0 Å². The highest BCUT2D eigenvalue weighted by molar-refractivity contribution is 6.04. The van der Waals surface area contributed by atoms with Gasteiger partial charge < -0.3 is 29.0 Å². The number of esters is 1. The lowest BCUT2D eigenvalue weighted by Crippen LogP contribution is -2.36. The van der Waals surface area contributed by atoms with Crippen molar-refractivity contribution < 1.29 is 33.3 Å². The number of carbonyl (C=O) groups is 2. The van der Waals surface area contributed by atoms with Gasteiger partial charge in [0.15, 0.2) is 17.3 Å². The van der Waals surface area contributed by atoms with Gasteiger partial charge in [-0.2, -0.15) is 0 Å². The highest BCUT2D eigenvalue weighted by Gasteiger charge is 2.42. The molecule has 0 saturated carbocycles. The van der Waals surface area contributed by atoms with Crippen LogP contribution in [-0.4, -0.2) is 40.2 Å². The van der Waals surface area contributed by atoms with Gasteiger partial charge in [0, 0.05) is 29.3 Å². The van der Waals surface area contributed by atoms with Crippen molar-refractivity contribution in [1.82, 2.24) is 5.32 Å². The second-order valence-electron chi connectivity index (χ2n) is 10.3. The summed E-state index contributed by atoms with van der Waals surface area (Å²) < 4.78 is 27.9. The van der Waals surface area contributed by atoms with E-state index < -0.39 is 11.9 Å². The first kappa shape index (κ1) is 28.8. The van der Waals surface area contributed by atoms with Gasteiger partial charge in [-0.15, -0.1) is 0 Å². The van der Waals surface area contributed by atoms with Crippen LogP contribution in [0.25, 0.3) is 0 Å². The molecule has 3 aromatic carbocycles. The van der Waals surface area contributed by atoms with Gasteiger partial charge in [-0.25, -0.2) is 4.79 Å². The number of benzene rings is 3. The fourth-order valence-corrected chi connectivity index (χ4v) is 5.82. The predicted molar refractivity (Wildman–Crippen MR) is 158 cm³/mol. The van der Waals surface area contributed by atoms with Crippen LogP contribution in [0.1, 0.15) is 48.3 Å². The van der Waals surface area contributed by atoms with Crippen molar-refractivity contribution in [2.24, 2.45) is 0 Å². The van der Waals surface area contributed by atoms with Crippen LogP contribution < -0.4 is 24.3 Å². The molecule has 0 aromatic heterocycles. The number of dihydropyridines is 1. The van der Waals surface area contributed by atoms with E-state index in [0.717, 1.165) is 22.6 Å². The summed E-state index contributed by atoms with van der Waals surface area (Å²) in [5.41, 5.74) is 4.93. The van der Waals surface area contributed by atoms with Crippen LogP contribution in [0.4, 0.5) is 0 Å². The summed E-state index contributed by atoms with van der Waals surface area (Å²) >= 11 is 0. The Labute approximate surface area is 245 Å². The minimum Gasteiger partial charge on any atom is -0.497 e. The highest BCUT2D eigenvalue weighted by Crippen LogP contribution is 2.49. The van der Waals surface area contributed by atoms with Gasteiger partial charge in [-0.3, -0.25) is 4.79 Å². The van der Waals surface area contributed by atoms with E-state index in [9.17, 15) is 9.59 Å². The first-order valence-corrected chi connectivity index (χ1v) is 13.8. The standard InChI is InChI=1S/C34H35NO7/c1-20-30(34(37)42-19-21-9-7-6-8-10-21)31(24-17-28(39-3)33(41-5)29(18-24)40-4)32-26(35-20)15-23(16-27(32)36)22-11-13-25(38-2)14-12-22/h6-14,17-18,23,31,35H,15-16,19H2,1-5H3/t23-,31-/m0/s1. The van der Waals surface area contributed by atoms with Gasteiger partial charge in [0.1, 0.15) is 12.4 Å². The average Bonchev–Trinajstić information content (AvgIpc) is 3.02. The number of rotatable bonds is 9. The fraction of sp³-hybridized carbons (Fsp3) is 0.294. The molecule has 0 bridgehead atoms. The van der Waals surface area contributed by atoms with Crippen LogP contribution in [0.5, 0.6) is 23.0 Å². The number of hydrogen-bond donors (Lipinski definition) is 1. The first-order valence-electron chi connectivity index (χ1n) is 13.8. The Hall–Kier alpha value is -4.72. The third kappa shape index (κ3) is 5.57. The van der Waals surface area contributed by atoms with Crippen molar-refractivity contribution in [3.05, 3.63) is 106 Å². The Morgan fingerprint density at radius 2 is 1.50 bits per heavy atom. The molecule has 0 amide bonds. The molecular weight excluding hydrogens is 534 g/mol. The molecule has 3 aromatic rings. The Morgan fingerprint density at radius 3 is 2.10 bits per heavy atom. The van der Waals surface area contributed by atoms with E-state index in [1.807, 2.05) is 61.5 Å². The van der Waals surface area contributed by atoms with E-state index in [0.29, 0.717) is 52.5 Å². The smallest absolute Gasteiger partial charge is 0.337 e. The van der Waals surface area contributed by atoms with Gasteiger partial charge in [-0.05, 0) is 60.2 Å². The van der Waals surface area contributed by atoms with Crippen LogP contribution in [0.15, 0.2) is 89.3 Å². The van der Waals surface area contributed by atoms with E-state index in [4.69, 9.17) is 23.7 Å². The molecule has 8 nitrogen and oxygen atoms in total. The van der Waals surface area contributed by atoms with Crippen molar-refractivity contribution in [3.63, 3.8) is 0 Å². The molecule has 1 heterocycles. The highest BCUT2D eigenvalue weighted by atomic mass is 16.5. The molecule has 0 spiro atoms. The van der Waals surface area contributed by atoms with E-state index in [1.165, 1.54) is 21.3 Å². The predicted octanol–water partition coefficient (Wildman–Crippen LogP) is 5.83. The molecule has 2 aliphatic rings. The first-order chi connectivity index (χ1) is 20.4. The monoisotopic (exact) mass is 569 g/mol. The van der Waals surface area contributed by atoms with Crippen molar-refractivity contribution >= 4 is 11.8 Å². The van der Waals surface area contributed by atoms with Gasteiger partial charge in [0.2, 0.25) is 5.75 Å². The Kier molecular flexibility index (Phi) is 8.52. The van der Waals surface area contributed by atoms with Crippen molar-refractivity contribution in [2.75, 3.05) is 28.4 Å². The molecule has 0 saturated heterocycles. The van der Waals surface area contributed by atoms with Crippen molar-refractivity contribution in [2.45, 2.75) is 38.2 Å². The number of methoxy groups -OCH3 is 4. The van der Waals surface area contributed by atoms with E-state index >= 15 is 0 Å². The topological polar surface area (TPSA) is 92.3 Å². The maximum Gasteiger partial charge on any atom is 0.337 e. The normalized spacial score (nSPS) is 18.2. The summed E-state index contributed by atoms with van der Waals surface area (Å²) in [6.45, 7) is 1.95. The number of ketones is 1. The fourth-order valence-electron chi connectivity index (χ4n) is 5.82. The molecular formula is C34H35NO7. The second-order valence-corrected chi connectivity index (χ2v) is 10.3. The lowest BCUT2D eigenvalue weighted by Gasteiger charge is -2.37. The average molecular weight is 570 g/mol. The van der Waals surface area contributed by atoms with Crippen molar-refractivity contribution in [3.8, 4) is 23.0 Å². The molecule has 0 radical (unpaired) electrons. The Balaban J connectivity index is 1.58. The molecule has 1 aliphatic carbocycles. The van der Waals surface area contributed by atoms with Crippen molar-refractivity contribution in [1.29, 1.82) is 0 Å². The lowest BCUT2D eigenvalue weighted by molar-refractivity contribution is -0.140. The molecule has 42 heavy (non-hydrogen) atoms. The van der Waals surface area contributed by atoms with E-state index in [2.05, 4.69) is 5.32 Å². The number of nitrogens with one attached hydrogen (secondary N) is 1. The number of allylic oxidation sites excluding steroid dienone is 3. The Bertz CT molecular complexity index is 1510. The summed E-state index contributed by atoms with van der Waals surface area (Å²) in [7, 11) is 6.24. The number of Topliss-reactive ketones (excluding diaryl/α,β-unsaturated/α-hetero) is 1. The molecule has 1 N–H and O–H groups in total. The third-order valence-corrected chi connectivity index (χ3v) is 7.87. The summed E-state index contributed by atoms with van der Waals surface area (Å²) in [5, 5.41) is 3.41. The number of carbonyl (C=O) groups excluding carboxylic acids is 2. The maximum atomic E-state index is 14.0. The molecule has 8 heteroatoms. The maximum absolute atomic E-state index is 14.0. The van der Waals surface area contributed by atoms with Gasteiger partial charge in [-0.1, -0.05) is 42.5 Å². The molecule has 5 rings (SSSR count). The van der Waals surface area contributed by atoms with E-state index in [1.54, 1.807) is 19.2 Å². The molecule has 0 fully saturated rings. The summed E-state index contributed by atoms with van der Waals surface area (Å²) in [4.78, 5) is 27.8. The van der Waals surface area contributed by atoms with Crippen LogP contribution in [0.2, 0.25) is 0 Å². The molecule has 218 valence electrons. The number of ether oxygens (including phenoxy) is 5. The van der Waals surface area contributed by atoms with Crippen LogP contribution >= 0.6 is 0 Å². The molecule has 1 aliphatic heterocycles. The minimum atomic E-state index is -0.692. The summed E-state index contributed by atoms with van der Waals surface area (Å²) in [6, 6.07) is 20.9. The molecule has 0 unspecified atom stereocenters. The lowest BCUT2D eigenvalue weighted by atomic mass is 9.71. The quantitative estimate of drug-likeness (QED) is 0.322. The second kappa shape index (κ2) is 12.4. The van der Waals surface area contributed by atoms with Crippen LogP contribution in [-0.2, 0) is 20.9 Å². The van der Waals surface area contributed by atoms with Crippen LogP contribution in [0.3, 0.4) is 0 Å². The van der Waals surface area contributed by atoms with Crippen LogP contribution in [0, 0.1) is 0 Å². The summed E-state index contributed by atoms with van der Waals surface area (Å²) in [5.74, 6) is 0.801. The number of hydrogen-bond acceptors (Lipinski definition) is 8. The summed E-state index contributed by atoms with van der Waals surface area (Å²) in [6.07, 6.45) is 0.914. The minimum absolute atomic E-state index is 0.0189. The van der Waals surface area contributed by atoms with Gasteiger partial charge in [0.25, 0.3) is 0 Å². The third-order valence-electron chi connectivity index (χ3n) is 7.87.